The van der Waals surface area contributed by atoms with Crippen LogP contribution in [-0.2, 0) is 14.8 Å². The van der Waals surface area contributed by atoms with Crippen LogP contribution in [0.4, 0.5) is 0 Å². The SMILES string of the molecule is CC(CC(NS(=O)(=O)CCCCl)C(=O)O)CC(C)(C)C. The quantitative estimate of drug-likeness (QED) is 0.637. The predicted octanol–water partition coefficient (Wildman–Crippen LogP) is 2.45. The van der Waals surface area contributed by atoms with Gasteiger partial charge in [0.25, 0.3) is 0 Å². The number of hydrogen-bond donors (Lipinski definition) is 2. The average molecular weight is 328 g/mol. The van der Waals surface area contributed by atoms with Gasteiger partial charge >= 0.3 is 5.97 Å². The summed E-state index contributed by atoms with van der Waals surface area (Å²) in [6.07, 6.45) is 1.42. The molecule has 0 aromatic heterocycles. The fourth-order valence-corrected chi connectivity index (χ4v) is 3.82. The lowest BCUT2D eigenvalue weighted by atomic mass is 9.83. The van der Waals surface area contributed by atoms with E-state index >= 15 is 0 Å². The van der Waals surface area contributed by atoms with Crippen molar-refractivity contribution in [2.24, 2.45) is 11.3 Å². The lowest BCUT2D eigenvalue weighted by Crippen LogP contribution is -2.43. The molecule has 0 rings (SSSR count). The summed E-state index contributed by atoms with van der Waals surface area (Å²) in [6, 6.07) is -1.08. The van der Waals surface area contributed by atoms with Gasteiger partial charge in [-0.2, -0.15) is 0 Å². The Bertz CT molecular complexity index is 403. The average Bonchev–Trinajstić information content (AvgIpc) is 2.22. The molecule has 2 N–H and O–H groups in total. The molecule has 0 amide bonds. The number of halogens is 1. The minimum absolute atomic E-state index is 0.0833. The number of nitrogens with one attached hydrogen (secondary N) is 1. The van der Waals surface area contributed by atoms with Crippen LogP contribution in [0.3, 0.4) is 0 Å². The monoisotopic (exact) mass is 327 g/mol. The van der Waals surface area contributed by atoms with E-state index in [0.29, 0.717) is 6.42 Å². The third kappa shape index (κ3) is 9.55. The molecule has 20 heavy (non-hydrogen) atoms. The van der Waals surface area contributed by atoms with Gasteiger partial charge in [-0.3, -0.25) is 4.79 Å². The van der Waals surface area contributed by atoms with Crippen LogP contribution in [0.15, 0.2) is 0 Å². The Kier molecular flexibility index (Phi) is 8.06. The summed E-state index contributed by atoms with van der Waals surface area (Å²) in [4.78, 5) is 11.2. The van der Waals surface area contributed by atoms with Crippen molar-refractivity contribution in [1.82, 2.24) is 4.72 Å². The fraction of sp³-hybridized carbons (Fsp3) is 0.923. The first-order valence-corrected chi connectivity index (χ1v) is 8.94. The van der Waals surface area contributed by atoms with E-state index in [9.17, 15) is 13.2 Å². The highest BCUT2D eigenvalue weighted by molar-refractivity contribution is 7.89. The van der Waals surface area contributed by atoms with Crippen molar-refractivity contribution in [1.29, 1.82) is 0 Å². The molecule has 0 aliphatic heterocycles. The van der Waals surface area contributed by atoms with E-state index in [1.165, 1.54) is 0 Å². The largest absolute Gasteiger partial charge is 0.480 e. The first-order valence-electron chi connectivity index (χ1n) is 6.75. The minimum atomic E-state index is -3.59. The van der Waals surface area contributed by atoms with Crippen molar-refractivity contribution in [2.45, 2.75) is 53.0 Å². The zero-order chi connectivity index (χ0) is 16.0. The normalized spacial score (nSPS) is 15.8. The Morgan fingerprint density at radius 3 is 2.30 bits per heavy atom. The molecule has 0 aliphatic carbocycles. The molecular weight excluding hydrogens is 302 g/mol. The number of aliphatic carboxylic acids is 1. The van der Waals surface area contributed by atoms with Crippen LogP contribution in [-0.4, -0.2) is 37.2 Å². The van der Waals surface area contributed by atoms with Gasteiger partial charge in [-0.15, -0.1) is 11.6 Å². The second kappa shape index (κ2) is 8.20. The fourth-order valence-electron chi connectivity index (χ4n) is 2.25. The van der Waals surface area contributed by atoms with Gasteiger partial charge in [-0.25, -0.2) is 13.1 Å². The van der Waals surface area contributed by atoms with Crippen LogP contribution in [0.2, 0.25) is 0 Å². The Labute approximate surface area is 127 Å². The summed E-state index contributed by atoms with van der Waals surface area (Å²) in [5.41, 5.74) is 0.0833. The van der Waals surface area contributed by atoms with Gasteiger partial charge in [0.05, 0.1) is 5.75 Å². The Balaban J connectivity index is 4.63. The zero-order valence-electron chi connectivity index (χ0n) is 12.6. The number of hydrogen-bond acceptors (Lipinski definition) is 3. The molecule has 0 saturated heterocycles. The summed E-state index contributed by atoms with van der Waals surface area (Å²) < 4.78 is 25.7. The van der Waals surface area contributed by atoms with E-state index in [0.717, 1.165) is 6.42 Å². The number of carboxylic acids is 1. The van der Waals surface area contributed by atoms with E-state index in [4.69, 9.17) is 16.7 Å². The second-order valence-electron chi connectivity index (χ2n) is 6.48. The molecule has 0 spiro atoms. The highest BCUT2D eigenvalue weighted by Gasteiger charge is 2.27. The van der Waals surface area contributed by atoms with Crippen molar-refractivity contribution in [2.75, 3.05) is 11.6 Å². The molecule has 7 heteroatoms. The number of carboxylic acid groups (broad SMARTS) is 1. The second-order valence-corrected chi connectivity index (χ2v) is 8.73. The van der Waals surface area contributed by atoms with Gasteiger partial charge in [0.15, 0.2) is 0 Å². The van der Waals surface area contributed by atoms with Crippen molar-refractivity contribution >= 4 is 27.6 Å². The van der Waals surface area contributed by atoms with E-state index in [2.05, 4.69) is 25.5 Å². The molecule has 0 aliphatic rings. The van der Waals surface area contributed by atoms with Gasteiger partial charge in [-0.05, 0) is 30.6 Å². The van der Waals surface area contributed by atoms with Crippen LogP contribution < -0.4 is 4.72 Å². The number of rotatable bonds is 9. The smallest absolute Gasteiger partial charge is 0.321 e. The maximum atomic E-state index is 11.7. The topological polar surface area (TPSA) is 83.5 Å². The lowest BCUT2D eigenvalue weighted by molar-refractivity contribution is -0.139. The van der Waals surface area contributed by atoms with Gasteiger partial charge in [0.2, 0.25) is 10.0 Å². The summed E-state index contributed by atoms with van der Waals surface area (Å²) in [7, 11) is -3.59. The molecule has 0 aromatic rings. The van der Waals surface area contributed by atoms with Crippen molar-refractivity contribution in [3.05, 3.63) is 0 Å². The Hall–Kier alpha value is -0.330. The molecule has 2 atom stereocenters. The minimum Gasteiger partial charge on any atom is -0.480 e. The summed E-state index contributed by atoms with van der Waals surface area (Å²) in [5, 5.41) is 9.16. The summed E-state index contributed by atoms with van der Waals surface area (Å²) in [6.45, 7) is 8.16. The first-order chi connectivity index (χ1) is 8.97. The predicted molar refractivity (Wildman–Crippen MR) is 81.5 cm³/mol. The van der Waals surface area contributed by atoms with Crippen molar-refractivity contribution in [3.63, 3.8) is 0 Å². The molecule has 0 aromatic carbocycles. The van der Waals surface area contributed by atoms with Crippen molar-refractivity contribution in [3.8, 4) is 0 Å². The number of carbonyl (C=O) groups is 1. The van der Waals surface area contributed by atoms with Crippen LogP contribution in [0.5, 0.6) is 0 Å². The third-order valence-corrected chi connectivity index (χ3v) is 4.50. The van der Waals surface area contributed by atoms with Crippen LogP contribution in [0.1, 0.15) is 47.0 Å². The summed E-state index contributed by atoms with van der Waals surface area (Å²) >= 11 is 5.46. The Morgan fingerprint density at radius 2 is 1.90 bits per heavy atom. The highest BCUT2D eigenvalue weighted by atomic mass is 35.5. The maximum Gasteiger partial charge on any atom is 0.321 e. The van der Waals surface area contributed by atoms with Gasteiger partial charge < -0.3 is 5.11 Å². The highest BCUT2D eigenvalue weighted by Crippen LogP contribution is 2.26. The van der Waals surface area contributed by atoms with Gasteiger partial charge in [0, 0.05) is 5.88 Å². The molecule has 0 fully saturated rings. The molecule has 5 nitrogen and oxygen atoms in total. The molecule has 0 saturated carbocycles. The van der Waals surface area contributed by atoms with Crippen molar-refractivity contribution < 1.29 is 18.3 Å². The maximum absolute atomic E-state index is 11.7. The van der Waals surface area contributed by atoms with Gasteiger partial charge in [0.1, 0.15) is 6.04 Å². The van der Waals surface area contributed by atoms with Crippen LogP contribution in [0, 0.1) is 11.3 Å². The van der Waals surface area contributed by atoms with E-state index < -0.39 is 22.0 Å². The van der Waals surface area contributed by atoms with Gasteiger partial charge in [-0.1, -0.05) is 27.7 Å². The Morgan fingerprint density at radius 1 is 1.35 bits per heavy atom. The number of alkyl halides is 1. The molecule has 2 unspecified atom stereocenters. The van der Waals surface area contributed by atoms with Crippen LogP contribution >= 0.6 is 11.6 Å². The molecule has 0 heterocycles. The first kappa shape index (κ1) is 19.7. The van der Waals surface area contributed by atoms with E-state index in [1.54, 1.807) is 0 Å². The zero-order valence-corrected chi connectivity index (χ0v) is 14.2. The number of sulfonamides is 1. The third-order valence-electron chi connectivity index (χ3n) is 2.77. The van der Waals surface area contributed by atoms with E-state index in [-0.39, 0.29) is 29.4 Å². The standard InChI is InChI=1S/C13H26ClNO4S/c1-10(9-13(2,3)4)8-11(12(16)17)15-20(18,19)7-5-6-14/h10-11,15H,5-9H2,1-4H3,(H,16,17). The summed E-state index contributed by atoms with van der Waals surface area (Å²) in [5.74, 6) is -0.931. The van der Waals surface area contributed by atoms with E-state index in [1.807, 2.05) is 6.92 Å². The van der Waals surface area contributed by atoms with Crippen LogP contribution in [0.25, 0.3) is 0 Å². The molecule has 0 radical (unpaired) electrons. The lowest BCUT2D eigenvalue weighted by Gasteiger charge is -2.25. The molecular formula is C13H26ClNO4S. The molecule has 120 valence electrons. The molecule has 0 bridgehead atoms.